The number of nitrogens with two attached hydrogens (primary N) is 2. The lowest BCUT2D eigenvalue weighted by molar-refractivity contribution is -0.143. The molecule has 0 bridgehead atoms. The molecular formula is C39H64N12O8. The Morgan fingerprint density at radius 1 is 0.932 bits per heavy atom. The molecule has 20 heteroatoms. The maximum atomic E-state index is 14.2. The van der Waals surface area contributed by atoms with E-state index in [4.69, 9.17) is 11.5 Å². The molecule has 0 saturated carbocycles. The SMILES string of the molecule is CC[C@H](C)[C@@H](NC(=O)[C@@H](Cc1ccc(O)cc1)NC(=O)[C@H]1CCCN1C(=O)[C@@H](CCCN=C(N)N)NC(=O)[C@H](CCCN(C)C)N=[N+]=[N-])C(=O)N[C@H](CC(C)C)C(=O)O. The van der Waals surface area contributed by atoms with Crippen molar-refractivity contribution in [1.82, 2.24) is 31.1 Å². The number of benzene rings is 1. The molecule has 0 unspecified atom stereocenters. The van der Waals surface area contributed by atoms with Crippen LogP contribution in [0.5, 0.6) is 5.75 Å². The van der Waals surface area contributed by atoms with Crippen molar-refractivity contribution in [3.63, 3.8) is 0 Å². The number of phenolic OH excluding ortho intramolecular Hbond substituents is 1. The van der Waals surface area contributed by atoms with Crippen LogP contribution in [0.15, 0.2) is 34.4 Å². The van der Waals surface area contributed by atoms with Gasteiger partial charge in [0.25, 0.3) is 0 Å². The maximum absolute atomic E-state index is 14.2. The number of azide groups is 1. The first-order valence-electron chi connectivity index (χ1n) is 20.1. The van der Waals surface area contributed by atoms with Crippen LogP contribution in [-0.2, 0) is 35.2 Å². The third-order valence-corrected chi connectivity index (χ3v) is 10.1. The zero-order chi connectivity index (χ0) is 44.2. The Labute approximate surface area is 345 Å². The van der Waals surface area contributed by atoms with E-state index >= 15 is 0 Å². The summed E-state index contributed by atoms with van der Waals surface area (Å²) in [5.41, 5.74) is 20.7. The molecule has 0 radical (unpaired) electrons. The van der Waals surface area contributed by atoms with Gasteiger partial charge in [0, 0.05) is 24.4 Å². The molecule has 1 heterocycles. The molecule has 328 valence electrons. The van der Waals surface area contributed by atoms with Gasteiger partial charge in [0.2, 0.25) is 29.5 Å². The van der Waals surface area contributed by atoms with Gasteiger partial charge < -0.3 is 52.7 Å². The lowest BCUT2D eigenvalue weighted by Crippen LogP contribution is -2.60. The molecule has 1 aliphatic heterocycles. The van der Waals surface area contributed by atoms with E-state index in [-0.39, 0.29) is 69.2 Å². The van der Waals surface area contributed by atoms with Gasteiger partial charge in [-0.25, -0.2) is 4.79 Å². The van der Waals surface area contributed by atoms with Gasteiger partial charge in [0.1, 0.15) is 42.0 Å². The van der Waals surface area contributed by atoms with Gasteiger partial charge in [0.05, 0.1) is 0 Å². The summed E-state index contributed by atoms with van der Waals surface area (Å²) in [5, 5.41) is 34.1. The highest BCUT2D eigenvalue weighted by Gasteiger charge is 2.40. The number of carboxylic acid groups (broad SMARTS) is 1. The van der Waals surface area contributed by atoms with Crippen molar-refractivity contribution in [1.29, 1.82) is 0 Å². The quantitative estimate of drug-likeness (QED) is 0.0172. The van der Waals surface area contributed by atoms with E-state index < -0.39 is 77.7 Å². The summed E-state index contributed by atoms with van der Waals surface area (Å²) in [6, 6.07) is -0.845. The minimum Gasteiger partial charge on any atom is -0.508 e. The number of hydrogen-bond donors (Lipinski definition) is 8. The Morgan fingerprint density at radius 3 is 2.17 bits per heavy atom. The van der Waals surface area contributed by atoms with Crippen LogP contribution < -0.4 is 32.7 Å². The third kappa shape index (κ3) is 17.0. The minimum atomic E-state index is -1.27. The van der Waals surface area contributed by atoms with Crippen LogP contribution in [-0.4, -0.2) is 131 Å². The van der Waals surface area contributed by atoms with Crippen molar-refractivity contribution in [3.05, 3.63) is 40.3 Å². The minimum absolute atomic E-state index is 0.0129. The first-order valence-corrected chi connectivity index (χ1v) is 20.1. The number of carbonyl (C=O) groups is 6. The standard InChI is InChI=1S/C39H64N12O8/c1-7-24(4)32(36(56)46-30(38(58)59)21-23(2)3)47-34(54)29(22-25-14-16-26(52)17-15-25)45-35(55)31-13-10-20-51(31)37(57)28(11-8-18-43-39(40)41)44-33(53)27(48-49-42)12-9-19-50(5)6/h14-17,23-24,27-32,52H,7-13,18-22H2,1-6H3,(H,44,53)(H,45,55)(H,46,56)(H,47,54)(H,58,59)(H4,40,41,43)/t24-,27-,28+,29+,30+,31+,32+/m0/s1. The highest BCUT2D eigenvalue weighted by atomic mass is 16.4. The van der Waals surface area contributed by atoms with Crippen molar-refractivity contribution < 1.29 is 39.0 Å². The summed E-state index contributed by atoms with van der Waals surface area (Å²) in [6.07, 6.45) is 2.42. The second kappa shape index (κ2) is 25.0. The number of guanidine groups is 1. The lowest BCUT2D eigenvalue weighted by Gasteiger charge is -2.31. The van der Waals surface area contributed by atoms with Crippen molar-refractivity contribution >= 4 is 41.5 Å². The zero-order valence-electron chi connectivity index (χ0n) is 35.1. The number of nitrogens with zero attached hydrogens (tertiary/aromatic N) is 6. The molecule has 0 aliphatic carbocycles. The van der Waals surface area contributed by atoms with Crippen LogP contribution in [0.3, 0.4) is 0 Å². The van der Waals surface area contributed by atoms with Crippen LogP contribution in [0.2, 0.25) is 0 Å². The van der Waals surface area contributed by atoms with E-state index in [1.165, 1.54) is 17.0 Å². The molecular weight excluding hydrogens is 765 g/mol. The first-order chi connectivity index (χ1) is 27.9. The highest BCUT2D eigenvalue weighted by Crippen LogP contribution is 2.21. The second-order valence-electron chi connectivity index (χ2n) is 15.7. The normalized spacial score (nSPS) is 16.7. The number of aromatic hydroxyl groups is 1. The maximum Gasteiger partial charge on any atom is 0.326 e. The Morgan fingerprint density at radius 2 is 1.59 bits per heavy atom. The van der Waals surface area contributed by atoms with Crippen molar-refractivity contribution in [2.45, 2.75) is 122 Å². The Hall–Kier alpha value is -5.62. The summed E-state index contributed by atoms with van der Waals surface area (Å²) in [4.78, 5) is 91.5. The van der Waals surface area contributed by atoms with Gasteiger partial charge in [-0.15, -0.1) is 0 Å². The molecule has 59 heavy (non-hydrogen) atoms. The Kier molecular flexibility index (Phi) is 21.0. The van der Waals surface area contributed by atoms with Gasteiger partial charge in [-0.2, -0.15) is 0 Å². The monoisotopic (exact) mass is 828 g/mol. The molecule has 1 aliphatic rings. The van der Waals surface area contributed by atoms with E-state index in [1.54, 1.807) is 19.1 Å². The van der Waals surface area contributed by atoms with Crippen LogP contribution in [0, 0.1) is 11.8 Å². The van der Waals surface area contributed by atoms with Crippen molar-refractivity contribution in [2.75, 3.05) is 33.7 Å². The second-order valence-corrected chi connectivity index (χ2v) is 15.7. The summed E-state index contributed by atoms with van der Waals surface area (Å²) in [7, 11) is 3.74. The number of nitrogens with one attached hydrogen (secondary N) is 4. The molecule has 0 aromatic heterocycles. The fourth-order valence-corrected chi connectivity index (χ4v) is 6.69. The van der Waals surface area contributed by atoms with E-state index in [9.17, 15) is 44.5 Å². The zero-order valence-corrected chi connectivity index (χ0v) is 35.1. The predicted octanol–water partition coefficient (Wildman–Crippen LogP) is 1.12. The first kappa shape index (κ1) is 49.5. The molecule has 1 aromatic carbocycles. The molecule has 1 fully saturated rings. The number of rotatable bonds is 25. The van der Waals surface area contributed by atoms with E-state index in [1.807, 2.05) is 39.8 Å². The average molecular weight is 829 g/mol. The molecule has 1 saturated heterocycles. The molecule has 1 aromatic rings. The van der Waals surface area contributed by atoms with E-state index in [2.05, 4.69) is 36.3 Å². The fourth-order valence-electron chi connectivity index (χ4n) is 6.69. The van der Waals surface area contributed by atoms with E-state index in [0.29, 0.717) is 31.4 Å². The molecule has 10 N–H and O–H groups in total. The van der Waals surface area contributed by atoms with Gasteiger partial charge >= 0.3 is 5.97 Å². The number of phenols is 1. The van der Waals surface area contributed by atoms with Crippen LogP contribution in [0.1, 0.15) is 84.6 Å². The average Bonchev–Trinajstić information content (AvgIpc) is 3.67. The van der Waals surface area contributed by atoms with Crippen molar-refractivity contribution in [2.24, 2.45) is 33.4 Å². The summed E-state index contributed by atoms with van der Waals surface area (Å²) < 4.78 is 0. The molecule has 5 amide bonds. The number of likely N-dealkylation sites (tertiary alicyclic amines) is 1. The smallest absolute Gasteiger partial charge is 0.326 e. The molecule has 2 rings (SSSR count). The van der Waals surface area contributed by atoms with Gasteiger partial charge in [0.15, 0.2) is 5.96 Å². The highest BCUT2D eigenvalue weighted by molar-refractivity contribution is 5.97. The largest absolute Gasteiger partial charge is 0.508 e. The molecule has 7 atom stereocenters. The number of aliphatic carboxylic acids is 1. The molecule has 0 spiro atoms. The number of aliphatic imine (C=N–C) groups is 1. The van der Waals surface area contributed by atoms with E-state index in [0.717, 1.165) is 0 Å². The summed E-state index contributed by atoms with van der Waals surface area (Å²) >= 11 is 0. The molecule has 20 nitrogen and oxygen atoms in total. The number of carboxylic acids is 1. The topological polar surface area (TPSA) is 311 Å². The third-order valence-electron chi connectivity index (χ3n) is 10.1. The van der Waals surface area contributed by atoms with Crippen LogP contribution in [0.4, 0.5) is 0 Å². The van der Waals surface area contributed by atoms with Gasteiger partial charge in [-0.1, -0.05) is 51.4 Å². The summed E-state index contributed by atoms with van der Waals surface area (Å²) in [5.74, 6) is -5.09. The summed E-state index contributed by atoms with van der Waals surface area (Å²) in [6.45, 7) is 8.18. The van der Waals surface area contributed by atoms with Crippen LogP contribution >= 0.6 is 0 Å². The van der Waals surface area contributed by atoms with Crippen LogP contribution in [0.25, 0.3) is 10.4 Å². The fraction of sp³-hybridized carbons (Fsp3) is 0.667. The number of carbonyl (C=O) groups excluding carboxylic acids is 5. The van der Waals surface area contributed by atoms with Gasteiger partial charge in [-0.3, -0.25) is 29.0 Å². The Bertz CT molecular complexity index is 1650. The van der Waals surface area contributed by atoms with Gasteiger partial charge in [-0.05, 0) is 101 Å². The Balaban J connectivity index is 2.41. The number of amides is 5. The number of hydrogen-bond acceptors (Lipinski definition) is 10. The lowest BCUT2D eigenvalue weighted by atomic mass is 9.96. The van der Waals surface area contributed by atoms with Crippen molar-refractivity contribution in [3.8, 4) is 5.75 Å². The predicted molar refractivity (Wildman–Crippen MR) is 221 cm³/mol.